The van der Waals surface area contributed by atoms with Gasteiger partial charge in [0.25, 0.3) is 5.91 Å². The number of rotatable bonds is 5. The van der Waals surface area contributed by atoms with E-state index in [-0.39, 0.29) is 5.91 Å². The number of thiazole rings is 1. The zero-order valence-corrected chi connectivity index (χ0v) is 20.0. The van der Waals surface area contributed by atoms with Crippen LogP contribution in [0.3, 0.4) is 0 Å². The first-order valence-corrected chi connectivity index (χ1v) is 13.2. The van der Waals surface area contributed by atoms with E-state index >= 15 is 0 Å². The first-order chi connectivity index (χ1) is 15.7. The Balaban J connectivity index is 1.17. The number of ether oxygens (including phenoxy) is 1. The molecule has 3 fully saturated rings. The van der Waals surface area contributed by atoms with Crippen LogP contribution in [0, 0.1) is 5.92 Å². The summed E-state index contributed by atoms with van der Waals surface area (Å²) >= 11 is 1.70. The van der Waals surface area contributed by atoms with E-state index < -0.39 is 0 Å². The molecule has 1 aliphatic carbocycles. The number of carbonyl (C=O) groups is 1. The second kappa shape index (κ2) is 9.92. The molecule has 2 atom stereocenters. The molecule has 2 aromatic rings. The van der Waals surface area contributed by atoms with Crippen LogP contribution in [0.15, 0.2) is 29.6 Å². The molecule has 6 heteroatoms. The lowest BCUT2D eigenvalue weighted by Crippen LogP contribution is -2.49. The zero-order chi connectivity index (χ0) is 21.9. The molecule has 172 valence electrons. The molecule has 5 rings (SSSR count). The van der Waals surface area contributed by atoms with Crippen LogP contribution in [0.4, 0.5) is 0 Å². The van der Waals surface area contributed by atoms with Crippen molar-refractivity contribution in [2.75, 3.05) is 26.7 Å². The molecular formula is C26H35N3O2S. The van der Waals surface area contributed by atoms with Crippen molar-refractivity contribution in [1.29, 1.82) is 0 Å². The van der Waals surface area contributed by atoms with Crippen LogP contribution in [-0.2, 0) is 6.54 Å². The molecule has 0 bridgehead atoms. The number of carbonyl (C=O) groups excluding carboxylic acids is 1. The van der Waals surface area contributed by atoms with E-state index in [4.69, 9.17) is 9.72 Å². The van der Waals surface area contributed by atoms with Gasteiger partial charge in [-0.15, -0.1) is 11.3 Å². The number of amides is 1. The van der Waals surface area contributed by atoms with Gasteiger partial charge in [-0.1, -0.05) is 25.0 Å². The van der Waals surface area contributed by atoms with Crippen LogP contribution in [0.2, 0.25) is 0 Å². The van der Waals surface area contributed by atoms with Crippen molar-refractivity contribution in [2.24, 2.45) is 5.92 Å². The standard InChI is InChI=1S/C26H35N3O2S/c1-31-22-10-8-19(9-11-22)17-28-15-12-21(13-16-28)25-27-23(18-32-25)26(30)29-14-4-6-20-5-2-3-7-24(20)29/h8-11,18,20-21,24H,2-7,12-17H2,1H3. The molecule has 1 saturated carbocycles. The summed E-state index contributed by atoms with van der Waals surface area (Å²) in [5, 5.41) is 3.18. The van der Waals surface area contributed by atoms with Crippen LogP contribution < -0.4 is 4.74 Å². The molecule has 1 aromatic carbocycles. The first kappa shape index (κ1) is 21.9. The maximum atomic E-state index is 13.3. The van der Waals surface area contributed by atoms with Crippen molar-refractivity contribution in [3.05, 3.63) is 45.9 Å². The van der Waals surface area contributed by atoms with E-state index in [9.17, 15) is 4.79 Å². The summed E-state index contributed by atoms with van der Waals surface area (Å²) in [6, 6.07) is 8.83. The summed E-state index contributed by atoms with van der Waals surface area (Å²) in [6.45, 7) is 4.05. The van der Waals surface area contributed by atoms with Crippen LogP contribution >= 0.6 is 11.3 Å². The fourth-order valence-corrected chi connectivity index (χ4v) is 6.89. The molecule has 3 heterocycles. The molecule has 0 spiro atoms. The monoisotopic (exact) mass is 453 g/mol. The average Bonchev–Trinajstić information content (AvgIpc) is 3.34. The quantitative estimate of drug-likeness (QED) is 0.614. The minimum atomic E-state index is 0.182. The predicted molar refractivity (Wildman–Crippen MR) is 128 cm³/mol. The van der Waals surface area contributed by atoms with Crippen LogP contribution in [-0.4, -0.2) is 53.5 Å². The molecule has 3 aliphatic rings. The maximum absolute atomic E-state index is 13.3. The van der Waals surface area contributed by atoms with Crippen molar-refractivity contribution in [2.45, 2.75) is 69.9 Å². The predicted octanol–water partition coefficient (Wildman–Crippen LogP) is 5.33. The average molecular weight is 454 g/mol. The minimum Gasteiger partial charge on any atom is -0.497 e. The summed E-state index contributed by atoms with van der Waals surface area (Å²) in [6.07, 6.45) is 9.76. The molecule has 32 heavy (non-hydrogen) atoms. The third-order valence-electron chi connectivity index (χ3n) is 7.75. The SMILES string of the molecule is COc1ccc(CN2CCC(c3nc(C(=O)N4CCCC5CCCCC54)cs3)CC2)cc1. The lowest BCUT2D eigenvalue weighted by atomic mass is 9.78. The van der Waals surface area contributed by atoms with Crippen molar-refractivity contribution in [3.63, 3.8) is 0 Å². The Morgan fingerprint density at radius 3 is 2.56 bits per heavy atom. The van der Waals surface area contributed by atoms with Crippen molar-refractivity contribution >= 4 is 17.2 Å². The third-order valence-corrected chi connectivity index (χ3v) is 8.75. The summed E-state index contributed by atoms with van der Waals surface area (Å²) in [5.41, 5.74) is 2.02. The van der Waals surface area contributed by atoms with E-state index in [1.165, 1.54) is 37.7 Å². The molecule has 2 aliphatic heterocycles. The third kappa shape index (κ3) is 4.72. The minimum absolute atomic E-state index is 0.182. The number of benzene rings is 1. The highest BCUT2D eigenvalue weighted by Gasteiger charge is 2.37. The largest absolute Gasteiger partial charge is 0.497 e. The Morgan fingerprint density at radius 1 is 1.03 bits per heavy atom. The fourth-order valence-electron chi connectivity index (χ4n) is 5.92. The molecule has 2 unspecified atom stereocenters. The summed E-state index contributed by atoms with van der Waals surface area (Å²) in [7, 11) is 1.70. The highest BCUT2D eigenvalue weighted by atomic mass is 32.1. The number of piperidine rings is 2. The second-order valence-corrected chi connectivity index (χ2v) is 10.6. The van der Waals surface area contributed by atoms with Gasteiger partial charge in [-0.2, -0.15) is 0 Å². The number of fused-ring (bicyclic) bond motifs is 1. The van der Waals surface area contributed by atoms with Gasteiger partial charge in [0.15, 0.2) is 0 Å². The van der Waals surface area contributed by atoms with Gasteiger partial charge in [0.2, 0.25) is 0 Å². The molecule has 1 amide bonds. The number of hydrogen-bond donors (Lipinski definition) is 0. The highest BCUT2D eigenvalue weighted by Crippen LogP contribution is 2.37. The molecule has 2 saturated heterocycles. The topological polar surface area (TPSA) is 45.7 Å². The van der Waals surface area contributed by atoms with Gasteiger partial charge < -0.3 is 9.64 Å². The van der Waals surface area contributed by atoms with E-state index in [1.807, 2.05) is 17.5 Å². The number of aromatic nitrogens is 1. The second-order valence-electron chi connectivity index (χ2n) is 9.72. The van der Waals surface area contributed by atoms with Gasteiger partial charge in [0, 0.05) is 30.4 Å². The van der Waals surface area contributed by atoms with Crippen LogP contribution in [0.1, 0.15) is 78.3 Å². The Bertz CT molecular complexity index is 902. The molecule has 0 N–H and O–H groups in total. The smallest absolute Gasteiger partial charge is 0.273 e. The molecule has 0 radical (unpaired) electrons. The van der Waals surface area contributed by atoms with E-state index in [0.717, 1.165) is 62.1 Å². The molecular weight excluding hydrogens is 418 g/mol. The first-order valence-electron chi connectivity index (χ1n) is 12.3. The van der Waals surface area contributed by atoms with Gasteiger partial charge in [-0.25, -0.2) is 4.98 Å². The number of nitrogens with zero attached hydrogens (tertiary/aromatic N) is 3. The fraction of sp³-hybridized carbons (Fsp3) is 0.615. The summed E-state index contributed by atoms with van der Waals surface area (Å²) < 4.78 is 5.26. The van der Waals surface area contributed by atoms with Gasteiger partial charge in [-0.05, 0) is 75.2 Å². The van der Waals surface area contributed by atoms with E-state index in [1.54, 1.807) is 18.4 Å². The van der Waals surface area contributed by atoms with Crippen LogP contribution in [0.5, 0.6) is 5.75 Å². The molecule has 5 nitrogen and oxygen atoms in total. The lowest BCUT2D eigenvalue weighted by molar-refractivity contribution is 0.0385. The number of methoxy groups -OCH3 is 1. The van der Waals surface area contributed by atoms with Gasteiger partial charge >= 0.3 is 0 Å². The molecule has 1 aromatic heterocycles. The lowest BCUT2D eigenvalue weighted by Gasteiger charge is -2.43. The Labute approximate surface area is 195 Å². The summed E-state index contributed by atoms with van der Waals surface area (Å²) in [5.74, 6) is 2.29. The highest BCUT2D eigenvalue weighted by molar-refractivity contribution is 7.09. The van der Waals surface area contributed by atoms with Crippen LogP contribution in [0.25, 0.3) is 0 Å². The Morgan fingerprint density at radius 2 is 1.78 bits per heavy atom. The van der Waals surface area contributed by atoms with Crippen molar-refractivity contribution in [1.82, 2.24) is 14.8 Å². The van der Waals surface area contributed by atoms with E-state index in [0.29, 0.717) is 17.7 Å². The normalized spacial score (nSPS) is 24.8. The van der Waals surface area contributed by atoms with Gasteiger partial charge in [-0.3, -0.25) is 9.69 Å². The Kier molecular flexibility index (Phi) is 6.79. The van der Waals surface area contributed by atoms with Crippen molar-refractivity contribution < 1.29 is 9.53 Å². The summed E-state index contributed by atoms with van der Waals surface area (Å²) in [4.78, 5) is 22.9. The number of likely N-dealkylation sites (tertiary alicyclic amines) is 2. The Hall–Kier alpha value is -1.92. The zero-order valence-electron chi connectivity index (χ0n) is 19.2. The van der Waals surface area contributed by atoms with Crippen molar-refractivity contribution in [3.8, 4) is 5.75 Å². The van der Waals surface area contributed by atoms with Gasteiger partial charge in [0.05, 0.1) is 12.1 Å². The van der Waals surface area contributed by atoms with E-state index in [2.05, 4.69) is 21.9 Å². The van der Waals surface area contributed by atoms with Gasteiger partial charge in [0.1, 0.15) is 11.4 Å². The maximum Gasteiger partial charge on any atom is 0.273 e. The number of hydrogen-bond acceptors (Lipinski definition) is 5.